The van der Waals surface area contributed by atoms with Gasteiger partial charge in [0, 0.05) is 31.3 Å². The second kappa shape index (κ2) is 6.01. The Morgan fingerprint density at radius 1 is 1.14 bits per heavy atom. The van der Waals surface area contributed by atoms with E-state index in [1.165, 1.54) is 32.1 Å². The molecule has 1 saturated heterocycles. The maximum absolute atomic E-state index is 12.6. The van der Waals surface area contributed by atoms with Gasteiger partial charge in [0.15, 0.2) is 5.82 Å². The van der Waals surface area contributed by atoms with Gasteiger partial charge in [-0.2, -0.15) is 5.10 Å². The van der Waals surface area contributed by atoms with Crippen molar-refractivity contribution in [1.82, 2.24) is 20.1 Å². The van der Waals surface area contributed by atoms with Gasteiger partial charge >= 0.3 is 0 Å². The molecule has 22 heavy (non-hydrogen) atoms. The SMILES string of the molecule is O=C(C1CCCCC1)N1CCC(Cc2nc(C3CC3)n[nH]2)C1. The summed E-state index contributed by atoms with van der Waals surface area (Å²) in [5.74, 6) is 3.89. The van der Waals surface area contributed by atoms with E-state index in [-0.39, 0.29) is 0 Å². The Labute approximate surface area is 131 Å². The molecule has 1 N–H and O–H groups in total. The highest BCUT2D eigenvalue weighted by Crippen LogP contribution is 2.38. The van der Waals surface area contributed by atoms with E-state index < -0.39 is 0 Å². The van der Waals surface area contributed by atoms with Gasteiger partial charge in [-0.25, -0.2) is 4.98 Å². The number of nitrogens with one attached hydrogen (secondary N) is 1. The summed E-state index contributed by atoms with van der Waals surface area (Å²) in [6.07, 6.45) is 10.5. The molecule has 2 saturated carbocycles. The highest BCUT2D eigenvalue weighted by molar-refractivity contribution is 5.79. The molecule has 0 bridgehead atoms. The average molecular weight is 302 g/mol. The molecule has 2 heterocycles. The van der Waals surface area contributed by atoms with Crippen molar-refractivity contribution in [3.63, 3.8) is 0 Å². The minimum atomic E-state index is 0.305. The van der Waals surface area contributed by atoms with Crippen LogP contribution < -0.4 is 0 Å². The third-order valence-electron chi connectivity index (χ3n) is 5.53. The first-order valence-electron chi connectivity index (χ1n) is 8.99. The average Bonchev–Trinajstić information content (AvgIpc) is 3.13. The van der Waals surface area contributed by atoms with Crippen LogP contribution in [0, 0.1) is 11.8 Å². The van der Waals surface area contributed by atoms with Crippen LogP contribution in [-0.4, -0.2) is 39.1 Å². The van der Waals surface area contributed by atoms with Crippen molar-refractivity contribution in [3.05, 3.63) is 11.6 Å². The Kier molecular flexibility index (Phi) is 3.89. The molecule has 1 aromatic heterocycles. The quantitative estimate of drug-likeness (QED) is 0.930. The largest absolute Gasteiger partial charge is 0.342 e. The number of carbonyl (C=O) groups is 1. The van der Waals surface area contributed by atoms with Crippen molar-refractivity contribution in [2.24, 2.45) is 11.8 Å². The van der Waals surface area contributed by atoms with E-state index in [0.29, 0.717) is 23.7 Å². The van der Waals surface area contributed by atoms with E-state index in [2.05, 4.69) is 20.1 Å². The maximum Gasteiger partial charge on any atom is 0.225 e. The standard InChI is InChI=1S/C17H26N4O/c22-17(14-4-2-1-3-5-14)21-9-8-12(11-21)10-15-18-16(20-19-15)13-6-7-13/h12-14H,1-11H2,(H,18,19,20). The molecule has 0 aromatic carbocycles. The summed E-state index contributed by atoms with van der Waals surface area (Å²) in [5, 5.41) is 7.43. The van der Waals surface area contributed by atoms with Crippen molar-refractivity contribution < 1.29 is 4.79 Å². The number of hydrogen-bond donors (Lipinski definition) is 1. The van der Waals surface area contributed by atoms with Crippen LogP contribution in [0.15, 0.2) is 0 Å². The van der Waals surface area contributed by atoms with Gasteiger partial charge in [-0.1, -0.05) is 19.3 Å². The molecule has 120 valence electrons. The molecule has 4 rings (SSSR count). The summed E-state index contributed by atoms with van der Waals surface area (Å²) in [5.41, 5.74) is 0. The Morgan fingerprint density at radius 2 is 1.95 bits per heavy atom. The summed E-state index contributed by atoms with van der Waals surface area (Å²) in [6.45, 7) is 1.85. The van der Waals surface area contributed by atoms with E-state index in [0.717, 1.165) is 50.4 Å². The van der Waals surface area contributed by atoms with Crippen molar-refractivity contribution in [3.8, 4) is 0 Å². The van der Waals surface area contributed by atoms with E-state index in [9.17, 15) is 4.79 Å². The lowest BCUT2D eigenvalue weighted by Crippen LogP contribution is -2.35. The number of likely N-dealkylation sites (tertiary alicyclic amines) is 1. The van der Waals surface area contributed by atoms with Crippen LogP contribution in [0.3, 0.4) is 0 Å². The molecule has 5 heteroatoms. The van der Waals surface area contributed by atoms with Gasteiger partial charge in [-0.3, -0.25) is 9.89 Å². The van der Waals surface area contributed by atoms with Crippen LogP contribution in [0.1, 0.15) is 68.9 Å². The Balaban J connectivity index is 1.30. The monoisotopic (exact) mass is 302 g/mol. The molecule has 1 atom stereocenters. The van der Waals surface area contributed by atoms with Crippen molar-refractivity contribution >= 4 is 5.91 Å². The first-order valence-corrected chi connectivity index (χ1v) is 8.99. The zero-order valence-electron chi connectivity index (χ0n) is 13.3. The molecule has 1 aromatic rings. The summed E-state index contributed by atoms with van der Waals surface area (Å²) < 4.78 is 0. The van der Waals surface area contributed by atoms with Crippen LogP contribution in [0.4, 0.5) is 0 Å². The highest BCUT2D eigenvalue weighted by atomic mass is 16.2. The van der Waals surface area contributed by atoms with E-state index >= 15 is 0 Å². The molecule has 5 nitrogen and oxygen atoms in total. The molecule has 2 aliphatic carbocycles. The lowest BCUT2D eigenvalue weighted by molar-refractivity contribution is -0.135. The number of aromatic amines is 1. The normalized spacial score (nSPS) is 26.5. The Morgan fingerprint density at radius 3 is 2.73 bits per heavy atom. The van der Waals surface area contributed by atoms with Crippen LogP contribution in [0.5, 0.6) is 0 Å². The predicted octanol–water partition coefficient (Wildman–Crippen LogP) is 2.65. The summed E-state index contributed by atoms with van der Waals surface area (Å²) in [6, 6.07) is 0. The number of aromatic nitrogens is 3. The Bertz CT molecular complexity index is 531. The third-order valence-corrected chi connectivity index (χ3v) is 5.53. The molecule has 3 fully saturated rings. The van der Waals surface area contributed by atoms with Crippen molar-refractivity contribution in [2.45, 2.75) is 63.7 Å². The molecule has 0 spiro atoms. The van der Waals surface area contributed by atoms with Crippen LogP contribution in [0.2, 0.25) is 0 Å². The van der Waals surface area contributed by atoms with Crippen LogP contribution in [-0.2, 0) is 11.2 Å². The fourth-order valence-corrected chi connectivity index (χ4v) is 4.01. The zero-order chi connectivity index (χ0) is 14.9. The first kappa shape index (κ1) is 14.2. The number of carbonyl (C=O) groups excluding carboxylic acids is 1. The highest BCUT2D eigenvalue weighted by Gasteiger charge is 2.32. The van der Waals surface area contributed by atoms with Crippen LogP contribution in [0.25, 0.3) is 0 Å². The van der Waals surface area contributed by atoms with E-state index in [4.69, 9.17) is 0 Å². The molecule has 0 radical (unpaired) electrons. The third kappa shape index (κ3) is 3.03. The maximum atomic E-state index is 12.6. The summed E-state index contributed by atoms with van der Waals surface area (Å²) in [4.78, 5) is 19.3. The number of rotatable bonds is 4. The summed E-state index contributed by atoms with van der Waals surface area (Å²) in [7, 11) is 0. The fourth-order valence-electron chi connectivity index (χ4n) is 4.01. The van der Waals surface area contributed by atoms with E-state index in [1.54, 1.807) is 0 Å². The van der Waals surface area contributed by atoms with Crippen LogP contribution >= 0.6 is 0 Å². The number of H-pyrrole nitrogens is 1. The van der Waals surface area contributed by atoms with Gasteiger partial charge in [0.05, 0.1) is 0 Å². The summed E-state index contributed by atoms with van der Waals surface area (Å²) >= 11 is 0. The van der Waals surface area contributed by atoms with Gasteiger partial charge in [-0.05, 0) is 38.0 Å². The molecule has 3 aliphatic rings. The lowest BCUT2D eigenvalue weighted by Gasteiger charge is -2.26. The number of hydrogen-bond acceptors (Lipinski definition) is 3. The lowest BCUT2D eigenvalue weighted by atomic mass is 9.88. The zero-order valence-corrected chi connectivity index (χ0v) is 13.3. The van der Waals surface area contributed by atoms with Crippen molar-refractivity contribution in [1.29, 1.82) is 0 Å². The minimum absolute atomic E-state index is 0.305. The van der Waals surface area contributed by atoms with Gasteiger partial charge in [0.25, 0.3) is 0 Å². The second-order valence-electron chi connectivity index (χ2n) is 7.39. The first-order chi connectivity index (χ1) is 10.8. The van der Waals surface area contributed by atoms with Crippen molar-refractivity contribution in [2.75, 3.05) is 13.1 Å². The van der Waals surface area contributed by atoms with Gasteiger partial charge in [0.1, 0.15) is 5.82 Å². The number of amides is 1. The molecule has 1 aliphatic heterocycles. The van der Waals surface area contributed by atoms with Gasteiger partial charge in [-0.15, -0.1) is 0 Å². The predicted molar refractivity (Wildman–Crippen MR) is 83.3 cm³/mol. The number of nitrogens with zero attached hydrogens (tertiary/aromatic N) is 3. The molecular weight excluding hydrogens is 276 g/mol. The molecular formula is C17H26N4O. The fraction of sp³-hybridized carbons (Fsp3) is 0.824. The second-order valence-corrected chi connectivity index (χ2v) is 7.39. The van der Waals surface area contributed by atoms with Gasteiger partial charge in [0.2, 0.25) is 5.91 Å². The van der Waals surface area contributed by atoms with E-state index in [1.807, 2.05) is 0 Å². The smallest absolute Gasteiger partial charge is 0.225 e. The minimum Gasteiger partial charge on any atom is -0.342 e. The van der Waals surface area contributed by atoms with Gasteiger partial charge < -0.3 is 4.90 Å². The topological polar surface area (TPSA) is 61.9 Å². The molecule has 1 unspecified atom stereocenters. The Hall–Kier alpha value is -1.39. The molecule has 1 amide bonds.